The Bertz CT molecular complexity index is 279. The molecule has 1 aliphatic heterocycles. The molecule has 2 atom stereocenters. The lowest BCUT2D eigenvalue weighted by Gasteiger charge is -2.15. The average molecular weight is 182 g/mol. The number of furan rings is 1. The summed E-state index contributed by atoms with van der Waals surface area (Å²) < 4.78 is 10.8. The van der Waals surface area contributed by atoms with Crippen molar-refractivity contribution in [2.75, 3.05) is 13.2 Å². The fourth-order valence-electron chi connectivity index (χ4n) is 1.85. The van der Waals surface area contributed by atoms with Gasteiger partial charge < -0.3 is 14.3 Å². The molecule has 1 fully saturated rings. The zero-order valence-corrected chi connectivity index (χ0v) is 7.69. The predicted octanol–water partition coefficient (Wildman–Crippen LogP) is 1.66. The third kappa shape index (κ3) is 1.49. The minimum absolute atomic E-state index is 0.0312. The minimum Gasteiger partial charge on any atom is -0.469 e. The molecule has 1 aromatic heterocycles. The van der Waals surface area contributed by atoms with Gasteiger partial charge in [-0.2, -0.15) is 0 Å². The molecule has 3 nitrogen and oxygen atoms in total. The molecule has 0 spiro atoms. The van der Waals surface area contributed by atoms with Crippen LogP contribution < -0.4 is 0 Å². The summed E-state index contributed by atoms with van der Waals surface area (Å²) in [5, 5.41) is 9.12. The topological polar surface area (TPSA) is 42.6 Å². The van der Waals surface area contributed by atoms with Gasteiger partial charge in [0.05, 0.1) is 12.4 Å². The van der Waals surface area contributed by atoms with Gasteiger partial charge in [0.15, 0.2) is 0 Å². The van der Waals surface area contributed by atoms with Crippen molar-refractivity contribution in [1.82, 2.24) is 0 Å². The van der Waals surface area contributed by atoms with E-state index in [1.165, 1.54) is 0 Å². The molecule has 13 heavy (non-hydrogen) atoms. The van der Waals surface area contributed by atoms with Crippen LogP contribution in [0.1, 0.15) is 23.8 Å². The summed E-state index contributed by atoms with van der Waals surface area (Å²) in [7, 11) is 0. The fourth-order valence-corrected chi connectivity index (χ4v) is 1.85. The first kappa shape index (κ1) is 8.78. The molecule has 1 aromatic rings. The number of hydrogen-bond donors (Lipinski definition) is 1. The molecule has 3 heteroatoms. The minimum atomic E-state index is 0.0312. The molecule has 0 bridgehead atoms. The Labute approximate surface area is 77.3 Å². The summed E-state index contributed by atoms with van der Waals surface area (Å²) >= 11 is 0. The first-order chi connectivity index (χ1) is 6.33. The van der Waals surface area contributed by atoms with E-state index in [0.29, 0.717) is 0 Å². The van der Waals surface area contributed by atoms with E-state index < -0.39 is 0 Å². The van der Waals surface area contributed by atoms with E-state index >= 15 is 0 Å². The van der Waals surface area contributed by atoms with Crippen LogP contribution in [0.4, 0.5) is 0 Å². The first-order valence-electron chi connectivity index (χ1n) is 4.59. The van der Waals surface area contributed by atoms with Gasteiger partial charge in [0.25, 0.3) is 0 Å². The Morgan fingerprint density at radius 1 is 1.62 bits per heavy atom. The second-order valence-corrected chi connectivity index (χ2v) is 3.45. The molecular weight excluding hydrogens is 168 g/mol. The Balaban J connectivity index is 2.20. The maximum absolute atomic E-state index is 9.12. The third-order valence-corrected chi connectivity index (χ3v) is 2.65. The number of aryl methyl sites for hydroxylation is 1. The predicted molar refractivity (Wildman–Crippen MR) is 47.3 cm³/mol. The molecule has 0 saturated carbocycles. The highest BCUT2D eigenvalue weighted by atomic mass is 16.5. The van der Waals surface area contributed by atoms with Crippen molar-refractivity contribution in [3.63, 3.8) is 0 Å². The standard InChI is InChI=1S/C10H14O3/c1-7-9(3-5-12-7)10-8(6-11)2-4-13-10/h3,5,8,10-11H,2,4,6H2,1H3. The van der Waals surface area contributed by atoms with E-state index in [9.17, 15) is 0 Å². The van der Waals surface area contributed by atoms with Crippen molar-refractivity contribution in [1.29, 1.82) is 0 Å². The Kier molecular flexibility index (Phi) is 2.38. The van der Waals surface area contributed by atoms with Crippen LogP contribution in [-0.4, -0.2) is 18.3 Å². The Morgan fingerprint density at radius 2 is 2.46 bits per heavy atom. The van der Waals surface area contributed by atoms with E-state index in [1.807, 2.05) is 13.0 Å². The highest BCUT2D eigenvalue weighted by Gasteiger charge is 2.30. The molecule has 2 rings (SSSR count). The molecular formula is C10H14O3. The van der Waals surface area contributed by atoms with Crippen LogP contribution in [0, 0.1) is 12.8 Å². The molecule has 2 unspecified atom stereocenters. The van der Waals surface area contributed by atoms with Gasteiger partial charge >= 0.3 is 0 Å². The second kappa shape index (κ2) is 3.52. The normalized spacial score (nSPS) is 28.2. The van der Waals surface area contributed by atoms with Gasteiger partial charge in [0.1, 0.15) is 5.76 Å². The smallest absolute Gasteiger partial charge is 0.106 e. The monoisotopic (exact) mass is 182 g/mol. The molecule has 1 saturated heterocycles. The third-order valence-electron chi connectivity index (χ3n) is 2.65. The highest BCUT2D eigenvalue weighted by molar-refractivity contribution is 5.20. The Hall–Kier alpha value is -0.800. The maximum Gasteiger partial charge on any atom is 0.106 e. The molecule has 0 aromatic carbocycles. The fraction of sp³-hybridized carbons (Fsp3) is 0.600. The van der Waals surface area contributed by atoms with Crippen molar-refractivity contribution in [3.05, 3.63) is 23.7 Å². The van der Waals surface area contributed by atoms with Crippen LogP contribution in [0.5, 0.6) is 0 Å². The van der Waals surface area contributed by atoms with Gasteiger partial charge in [0.2, 0.25) is 0 Å². The number of rotatable bonds is 2. The first-order valence-corrected chi connectivity index (χ1v) is 4.59. The van der Waals surface area contributed by atoms with E-state index in [2.05, 4.69) is 0 Å². The molecule has 2 heterocycles. The number of aliphatic hydroxyl groups excluding tert-OH is 1. The zero-order valence-electron chi connectivity index (χ0n) is 7.69. The van der Waals surface area contributed by atoms with Crippen molar-refractivity contribution in [3.8, 4) is 0 Å². The van der Waals surface area contributed by atoms with Gasteiger partial charge in [-0.15, -0.1) is 0 Å². The maximum atomic E-state index is 9.12. The molecule has 0 amide bonds. The highest BCUT2D eigenvalue weighted by Crippen LogP contribution is 2.35. The number of hydrogen-bond acceptors (Lipinski definition) is 3. The Morgan fingerprint density at radius 3 is 3.08 bits per heavy atom. The van der Waals surface area contributed by atoms with Crippen LogP contribution in [0.15, 0.2) is 16.7 Å². The van der Waals surface area contributed by atoms with Gasteiger partial charge in [-0.1, -0.05) is 0 Å². The molecule has 72 valence electrons. The van der Waals surface area contributed by atoms with E-state index in [-0.39, 0.29) is 18.6 Å². The molecule has 1 N–H and O–H groups in total. The summed E-state index contributed by atoms with van der Waals surface area (Å²) in [5.74, 6) is 1.13. The van der Waals surface area contributed by atoms with Crippen LogP contribution in [0.2, 0.25) is 0 Å². The van der Waals surface area contributed by atoms with Crippen LogP contribution in [0.25, 0.3) is 0 Å². The van der Waals surface area contributed by atoms with Crippen LogP contribution in [0.3, 0.4) is 0 Å². The van der Waals surface area contributed by atoms with Crippen molar-refractivity contribution in [2.45, 2.75) is 19.4 Å². The van der Waals surface area contributed by atoms with Crippen molar-refractivity contribution < 1.29 is 14.3 Å². The van der Waals surface area contributed by atoms with Crippen LogP contribution in [-0.2, 0) is 4.74 Å². The number of ether oxygens (including phenoxy) is 1. The summed E-state index contributed by atoms with van der Waals surface area (Å²) in [4.78, 5) is 0. The van der Waals surface area contributed by atoms with E-state index in [1.54, 1.807) is 6.26 Å². The molecule has 1 aliphatic rings. The quantitative estimate of drug-likeness (QED) is 0.756. The molecule has 0 radical (unpaired) electrons. The SMILES string of the molecule is Cc1occc1C1OCCC1CO. The zero-order chi connectivity index (χ0) is 9.26. The van der Waals surface area contributed by atoms with Gasteiger partial charge in [-0.25, -0.2) is 0 Å². The van der Waals surface area contributed by atoms with E-state index in [4.69, 9.17) is 14.3 Å². The lowest BCUT2D eigenvalue weighted by Crippen LogP contribution is -2.11. The second-order valence-electron chi connectivity index (χ2n) is 3.45. The summed E-state index contributed by atoms with van der Waals surface area (Å²) in [6.45, 7) is 2.85. The summed E-state index contributed by atoms with van der Waals surface area (Å²) in [6.07, 6.45) is 2.63. The lowest BCUT2D eigenvalue weighted by atomic mass is 9.97. The largest absolute Gasteiger partial charge is 0.469 e. The average Bonchev–Trinajstić information content (AvgIpc) is 2.71. The summed E-state index contributed by atoms with van der Waals surface area (Å²) in [6, 6.07) is 1.92. The van der Waals surface area contributed by atoms with Gasteiger partial charge in [0, 0.05) is 24.7 Å². The van der Waals surface area contributed by atoms with Crippen LogP contribution >= 0.6 is 0 Å². The van der Waals surface area contributed by atoms with Crippen molar-refractivity contribution in [2.24, 2.45) is 5.92 Å². The van der Waals surface area contributed by atoms with Gasteiger partial charge in [-0.3, -0.25) is 0 Å². The van der Waals surface area contributed by atoms with Gasteiger partial charge in [-0.05, 0) is 19.4 Å². The van der Waals surface area contributed by atoms with Crippen molar-refractivity contribution >= 4 is 0 Å². The summed E-state index contributed by atoms with van der Waals surface area (Å²) in [5.41, 5.74) is 1.08. The molecule has 0 aliphatic carbocycles. The van der Waals surface area contributed by atoms with E-state index in [0.717, 1.165) is 24.4 Å². The number of aliphatic hydroxyl groups is 1. The lowest BCUT2D eigenvalue weighted by molar-refractivity contribution is 0.0710.